The zero-order valence-electron chi connectivity index (χ0n) is 16.3. The molecule has 0 bridgehead atoms. The maximum absolute atomic E-state index is 12.2. The van der Waals surface area contributed by atoms with E-state index in [0.29, 0.717) is 23.7 Å². The molecule has 28 heavy (non-hydrogen) atoms. The normalized spacial score (nSPS) is 20.9. The minimum Gasteiger partial charge on any atom is -0.506 e. The molecule has 0 spiro atoms. The highest BCUT2D eigenvalue weighted by Crippen LogP contribution is 2.44. The summed E-state index contributed by atoms with van der Waals surface area (Å²) in [6.45, 7) is 3.93. The Balaban J connectivity index is 1.77. The van der Waals surface area contributed by atoms with Gasteiger partial charge in [-0.1, -0.05) is 13.0 Å². The first-order valence-electron chi connectivity index (χ1n) is 9.55. The fourth-order valence-electron chi connectivity index (χ4n) is 4.51. The van der Waals surface area contributed by atoms with Crippen molar-refractivity contribution in [3.63, 3.8) is 0 Å². The summed E-state index contributed by atoms with van der Waals surface area (Å²) in [7, 11) is 4.21. The van der Waals surface area contributed by atoms with Crippen LogP contribution in [0.5, 0.6) is 5.75 Å². The summed E-state index contributed by atoms with van der Waals surface area (Å²) in [6.07, 6.45) is 1.81. The lowest BCUT2D eigenvalue weighted by molar-refractivity contribution is 0.0691. The Labute approximate surface area is 163 Å². The van der Waals surface area contributed by atoms with Gasteiger partial charge in [0.05, 0.1) is 5.69 Å². The summed E-state index contributed by atoms with van der Waals surface area (Å²) in [6, 6.07) is 6.71. The van der Waals surface area contributed by atoms with Gasteiger partial charge in [-0.2, -0.15) is 0 Å². The fraction of sp³-hybridized carbons (Fsp3) is 0.429. The second kappa shape index (κ2) is 6.67. The molecule has 2 aromatic rings. The molecule has 0 radical (unpaired) electrons. The Bertz CT molecular complexity index is 1010. The van der Waals surface area contributed by atoms with E-state index in [1.54, 1.807) is 0 Å². The number of carbonyl (C=O) groups is 1. The van der Waals surface area contributed by atoms with Crippen LogP contribution in [0.2, 0.25) is 0 Å². The number of likely N-dealkylation sites (N-methyl/N-ethyl adjacent to an activating group) is 1. The molecule has 1 saturated heterocycles. The number of aromatic nitrogens is 1. The SMILES string of the molecule is CC1Cc2cc(N3CCC(N(C)C)C3)ccc2-c2[nH]c(=O)c(C(=O)O)c(O)c21. The molecular weight excluding hydrogens is 358 g/mol. The number of aromatic hydroxyl groups is 1. The van der Waals surface area contributed by atoms with E-state index in [1.807, 2.05) is 19.1 Å². The first kappa shape index (κ1) is 18.6. The summed E-state index contributed by atoms with van der Waals surface area (Å²) in [5.41, 5.74) is 2.78. The fourth-order valence-corrected chi connectivity index (χ4v) is 4.51. The molecule has 2 atom stereocenters. The summed E-state index contributed by atoms with van der Waals surface area (Å²) < 4.78 is 0. The van der Waals surface area contributed by atoms with Gasteiger partial charge in [0.15, 0.2) is 5.56 Å². The van der Waals surface area contributed by atoms with Crippen molar-refractivity contribution in [2.75, 3.05) is 32.1 Å². The summed E-state index contributed by atoms with van der Waals surface area (Å²) in [4.78, 5) is 30.9. The molecule has 4 rings (SSSR count). The van der Waals surface area contributed by atoms with Gasteiger partial charge in [-0.05, 0) is 50.6 Å². The molecule has 2 aliphatic rings. The number of fused-ring (bicyclic) bond motifs is 3. The van der Waals surface area contributed by atoms with Crippen molar-refractivity contribution in [3.8, 4) is 17.0 Å². The van der Waals surface area contributed by atoms with E-state index in [-0.39, 0.29) is 5.92 Å². The third-order valence-corrected chi connectivity index (χ3v) is 6.08. The first-order chi connectivity index (χ1) is 13.3. The molecule has 7 nitrogen and oxygen atoms in total. The Morgan fingerprint density at radius 1 is 1.32 bits per heavy atom. The Morgan fingerprint density at radius 2 is 2.07 bits per heavy atom. The minimum atomic E-state index is -1.42. The number of anilines is 1. The van der Waals surface area contributed by atoms with E-state index in [2.05, 4.69) is 34.9 Å². The molecule has 1 aromatic heterocycles. The third kappa shape index (κ3) is 2.86. The Morgan fingerprint density at radius 3 is 2.71 bits per heavy atom. The van der Waals surface area contributed by atoms with E-state index in [4.69, 9.17) is 0 Å². The van der Waals surface area contributed by atoms with Crippen molar-refractivity contribution >= 4 is 11.7 Å². The molecule has 0 amide bonds. The zero-order valence-corrected chi connectivity index (χ0v) is 16.3. The number of nitrogens with one attached hydrogen (secondary N) is 1. The highest BCUT2D eigenvalue weighted by atomic mass is 16.4. The molecule has 0 saturated carbocycles. The average molecular weight is 383 g/mol. The molecular formula is C21H25N3O4. The number of nitrogens with zero attached hydrogens (tertiary/aromatic N) is 2. The van der Waals surface area contributed by atoms with Gasteiger partial charge in [-0.25, -0.2) is 4.79 Å². The maximum Gasteiger partial charge on any atom is 0.345 e. The Hall–Kier alpha value is -2.80. The van der Waals surface area contributed by atoms with Crippen molar-refractivity contribution in [3.05, 3.63) is 45.2 Å². The lowest BCUT2D eigenvalue weighted by Gasteiger charge is -2.28. The number of hydrogen-bond donors (Lipinski definition) is 3. The van der Waals surface area contributed by atoms with Crippen molar-refractivity contribution in [1.29, 1.82) is 0 Å². The minimum absolute atomic E-state index is 0.0965. The van der Waals surface area contributed by atoms with Gasteiger partial charge in [-0.3, -0.25) is 4.79 Å². The third-order valence-electron chi connectivity index (χ3n) is 6.08. The van der Waals surface area contributed by atoms with Gasteiger partial charge in [-0.15, -0.1) is 0 Å². The second-order valence-corrected chi connectivity index (χ2v) is 8.07. The van der Waals surface area contributed by atoms with E-state index in [0.717, 1.165) is 36.3 Å². The molecule has 1 aliphatic carbocycles. The summed E-state index contributed by atoms with van der Waals surface area (Å²) in [5, 5.41) is 19.7. The topological polar surface area (TPSA) is 96.9 Å². The standard InChI is InChI=1S/C21H25N3O4/c1-11-8-12-9-13(24-7-6-14(10-24)23(2)3)4-5-15(12)18-16(11)19(25)17(21(27)28)20(26)22-18/h4-5,9,11,14H,6-8,10H2,1-3H3,(H,27,28)(H2,22,25,26). The molecule has 2 unspecified atom stereocenters. The van der Waals surface area contributed by atoms with E-state index >= 15 is 0 Å². The van der Waals surface area contributed by atoms with Crippen LogP contribution in [0.4, 0.5) is 5.69 Å². The lowest BCUT2D eigenvalue weighted by Crippen LogP contribution is -2.31. The number of aromatic carboxylic acids is 1. The predicted octanol–water partition coefficient (Wildman–Crippen LogP) is 2.25. The number of carboxylic acids is 1. The van der Waals surface area contributed by atoms with Crippen LogP contribution < -0.4 is 10.5 Å². The van der Waals surface area contributed by atoms with E-state index in [9.17, 15) is 19.8 Å². The van der Waals surface area contributed by atoms with Crippen LogP contribution in [0.3, 0.4) is 0 Å². The molecule has 148 valence electrons. The number of aromatic amines is 1. The zero-order chi connectivity index (χ0) is 20.2. The maximum atomic E-state index is 12.2. The average Bonchev–Trinajstić information content (AvgIpc) is 3.11. The molecule has 3 N–H and O–H groups in total. The quantitative estimate of drug-likeness (QED) is 0.752. The lowest BCUT2D eigenvalue weighted by atomic mass is 9.81. The van der Waals surface area contributed by atoms with Gasteiger partial charge in [0.1, 0.15) is 5.75 Å². The van der Waals surface area contributed by atoms with Crippen LogP contribution in [0.1, 0.15) is 40.7 Å². The van der Waals surface area contributed by atoms with Crippen LogP contribution in [-0.4, -0.2) is 59.3 Å². The molecule has 7 heteroatoms. The van der Waals surface area contributed by atoms with E-state index in [1.165, 1.54) is 0 Å². The van der Waals surface area contributed by atoms with Crippen LogP contribution in [0, 0.1) is 0 Å². The van der Waals surface area contributed by atoms with Gasteiger partial charge in [0, 0.05) is 35.9 Å². The van der Waals surface area contributed by atoms with Crippen LogP contribution in [0.15, 0.2) is 23.0 Å². The Kier molecular flexibility index (Phi) is 4.42. The van der Waals surface area contributed by atoms with Crippen LogP contribution in [0.25, 0.3) is 11.3 Å². The van der Waals surface area contributed by atoms with Gasteiger partial charge in [0.2, 0.25) is 0 Å². The summed E-state index contributed by atoms with van der Waals surface area (Å²) >= 11 is 0. The molecule has 1 aliphatic heterocycles. The van der Waals surface area contributed by atoms with Gasteiger partial charge >= 0.3 is 5.97 Å². The van der Waals surface area contributed by atoms with Crippen molar-refractivity contribution < 1.29 is 15.0 Å². The predicted molar refractivity (Wildman–Crippen MR) is 108 cm³/mol. The first-order valence-corrected chi connectivity index (χ1v) is 9.55. The second-order valence-electron chi connectivity index (χ2n) is 8.07. The summed E-state index contributed by atoms with van der Waals surface area (Å²) in [5.74, 6) is -1.93. The number of carboxylic acid groups (broad SMARTS) is 1. The van der Waals surface area contributed by atoms with E-state index < -0.39 is 22.8 Å². The van der Waals surface area contributed by atoms with Crippen LogP contribution >= 0.6 is 0 Å². The largest absolute Gasteiger partial charge is 0.506 e. The number of H-pyrrole nitrogens is 1. The monoisotopic (exact) mass is 383 g/mol. The highest BCUT2D eigenvalue weighted by Gasteiger charge is 2.31. The van der Waals surface area contributed by atoms with Crippen molar-refractivity contribution in [2.24, 2.45) is 0 Å². The highest BCUT2D eigenvalue weighted by molar-refractivity contribution is 5.92. The molecule has 1 fully saturated rings. The molecule has 1 aromatic carbocycles. The van der Waals surface area contributed by atoms with Crippen molar-refractivity contribution in [2.45, 2.75) is 31.7 Å². The molecule has 2 heterocycles. The number of rotatable bonds is 3. The van der Waals surface area contributed by atoms with Gasteiger partial charge < -0.3 is 25.0 Å². The van der Waals surface area contributed by atoms with Gasteiger partial charge in [0.25, 0.3) is 5.56 Å². The number of benzene rings is 1. The number of pyridine rings is 1. The number of hydrogen-bond acceptors (Lipinski definition) is 5. The van der Waals surface area contributed by atoms with Crippen LogP contribution in [-0.2, 0) is 6.42 Å². The van der Waals surface area contributed by atoms with Crippen molar-refractivity contribution in [1.82, 2.24) is 9.88 Å². The smallest absolute Gasteiger partial charge is 0.345 e.